The maximum Gasteiger partial charge on any atom is 0.228 e. The Morgan fingerprint density at radius 1 is 1.28 bits per heavy atom. The summed E-state index contributed by atoms with van der Waals surface area (Å²) in [5.74, 6) is -0.000239. The zero-order valence-corrected chi connectivity index (χ0v) is 14.9. The summed E-state index contributed by atoms with van der Waals surface area (Å²) in [5.41, 5.74) is 10.4. The number of aryl methyl sites for hydroxylation is 1. The van der Waals surface area contributed by atoms with Crippen molar-refractivity contribution in [1.82, 2.24) is 5.32 Å². The maximum atomic E-state index is 12.2. The van der Waals surface area contributed by atoms with Crippen molar-refractivity contribution in [2.45, 2.75) is 32.2 Å². The molecular weight excluding hydrogens is 338 g/mol. The van der Waals surface area contributed by atoms with Gasteiger partial charge in [-0.2, -0.15) is 0 Å². The molecule has 0 radical (unpaired) electrons. The van der Waals surface area contributed by atoms with E-state index in [9.17, 15) is 9.59 Å². The molecule has 2 amide bonds. The fourth-order valence-electron chi connectivity index (χ4n) is 2.93. The predicted molar refractivity (Wildman–Crippen MR) is 102 cm³/mol. The van der Waals surface area contributed by atoms with Gasteiger partial charge in [-0.15, -0.1) is 12.4 Å². The van der Waals surface area contributed by atoms with Crippen LogP contribution in [0.2, 0.25) is 0 Å². The summed E-state index contributed by atoms with van der Waals surface area (Å²) < 4.78 is 0. The van der Waals surface area contributed by atoms with E-state index in [0.29, 0.717) is 24.9 Å². The molecule has 6 heteroatoms. The summed E-state index contributed by atoms with van der Waals surface area (Å²) in [6.45, 7) is 1.95. The topological polar surface area (TPSA) is 84.2 Å². The minimum Gasteiger partial charge on any atom is -0.399 e. The van der Waals surface area contributed by atoms with E-state index in [4.69, 9.17) is 5.73 Å². The third-order valence-corrected chi connectivity index (χ3v) is 4.31. The lowest BCUT2D eigenvalue weighted by molar-refractivity contribution is -0.121. The highest BCUT2D eigenvalue weighted by atomic mass is 35.5. The Kier molecular flexibility index (Phi) is 6.04. The van der Waals surface area contributed by atoms with Crippen molar-refractivity contribution in [3.05, 3.63) is 59.2 Å². The first-order valence-corrected chi connectivity index (χ1v) is 8.08. The van der Waals surface area contributed by atoms with Crippen LogP contribution in [-0.2, 0) is 22.4 Å². The van der Waals surface area contributed by atoms with Gasteiger partial charge in [0.1, 0.15) is 0 Å². The Balaban J connectivity index is 0.00000225. The molecule has 0 aliphatic carbocycles. The van der Waals surface area contributed by atoms with Crippen molar-refractivity contribution in [1.29, 1.82) is 0 Å². The van der Waals surface area contributed by atoms with Crippen LogP contribution in [0.1, 0.15) is 36.1 Å². The molecule has 4 N–H and O–H groups in total. The number of nitrogens with one attached hydrogen (secondary N) is 2. The molecule has 5 nitrogen and oxygen atoms in total. The van der Waals surface area contributed by atoms with E-state index in [0.717, 1.165) is 22.4 Å². The molecular formula is C19H22ClN3O2. The molecule has 2 aromatic carbocycles. The van der Waals surface area contributed by atoms with E-state index in [1.165, 1.54) is 0 Å². The number of para-hydroxylation sites is 1. The van der Waals surface area contributed by atoms with Crippen LogP contribution in [0.3, 0.4) is 0 Å². The van der Waals surface area contributed by atoms with E-state index >= 15 is 0 Å². The first kappa shape index (κ1) is 18.8. The second kappa shape index (κ2) is 8.03. The fraction of sp³-hybridized carbons (Fsp3) is 0.263. The molecule has 1 aliphatic rings. The van der Waals surface area contributed by atoms with Crippen LogP contribution in [0.4, 0.5) is 11.4 Å². The summed E-state index contributed by atoms with van der Waals surface area (Å²) in [6, 6.07) is 13.3. The lowest BCUT2D eigenvalue weighted by atomic mass is 10.0. The van der Waals surface area contributed by atoms with Crippen LogP contribution in [0.25, 0.3) is 0 Å². The second-order valence-electron chi connectivity index (χ2n) is 6.13. The van der Waals surface area contributed by atoms with E-state index < -0.39 is 0 Å². The van der Waals surface area contributed by atoms with E-state index in [-0.39, 0.29) is 30.3 Å². The summed E-state index contributed by atoms with van der Waals surface area (Å²) in [5, 5.41) is 5.81. The van der Waals surface area contributed by atoms with Gasteiger partial charge in [0.15, 0.2) is 0 Å². The Morgan fingerprint density at radius 3 is 2.80 bits per heavy atom. The lowest BCUT2D eigenvalue weighted by Crippen LogP contribution is -2.26. The minimum atomic E-state index is -0.105. The second-order valence-corrected chi connectivity index (χ2v) is 6.13. The number of nitrogens with two attached hydrogens (primary N) is 1. The molecule has 0 fully saturated rings. The molecule has 1 atom stereocenters. The summed E-state index contributed by atoms with van der Waals surface area (Å²) in [7, 11) is 0. The Morgan fingerprint density at radius 2 is 2.04 bits per heavy atom. The van der Waals surface area contributed by atoms with Crippen LogP contribution in [0.5, 0.6) is 0 Å². The number of rotatable bonds is 5. The van der Waals surface area contributed by atoms with Gasteiger partial charge in [0, 0.05) is 17.8 Å². The molecule has 132 valence electrons. The maximum absolute atomic E-state index is 12.2. The molecule has 0 bridgehead atoms. The van der Waals surface area contributed by atoms with Gasteiger partial charge >= 0.3 is 0 Å². The Labute approximate surface area is 153 Å². The molecule has 3 rings (SSSR count). The third kappa shape index (κ3) is 4.51. The molecule has 0 aromatic heterocycles. The number of anilines is 2. The van der Waals surface area contributed by atoms with Gasteiger partial charge in [0.2, 0.25) is 11.8 Å². The van der Waals surface area contributed by atoms with Crippen molar-refractivity contribution >= 4 is 35.6 Å². The number of fused-ring (bicyclic) bond motifs is 1. The standard InChI is InChI=1S/C19H21N3O2.ClH/c1-12(14-6-8-17-15(10-14)11-19(24)22-17)21-18(23)9-7-13-4-2-3-5-16(13)20;/h2-6,8,10,12H,7,9,11,20H2,1H3,(H,21,23)(H,22,24);1H. The Hall–Kier alpha value is -2.53. The van der Waals surface area contributed by atoms with Crippen molar-refractivity contribution in [2.75, 3.05) is 11.1 Å². The normalized spacial score (nSPS) is 13.4. The average Bonchev–Trinajstić information content (AvgIpc) is 2.93. The highest BCUT2D eigenvalue weighted by Crippen LogP contribution is 2.26. The Bertz CT molecular complexity index is 792. The molecule has 1 unspecified atom stereocenters. The first-order chi connectivity index (χ1) is 11.5. The zero-order valence-electron chi connectivity index (χ0n) is 14.0. The minimum absolute atomic E-state index is 0. The molecule has 0 saturated carbocycles. The van der Waals surface area contributed by atoms with Crippen LogP contribution in [-0.4, -0.2) is 11.8 Å². The summed E-state index contributed by atoms with van der Waals surface area (Å²) in [6.07, 6.45) is 1.41. The van der Waals surface area contributed by atoms with Crippen molar-refractivity contribution in [3.8, 4) is 0 Å². The van der Waals surface area contributed by atoms with Gasteiger partial charge in [0.05, 0.1) is 12.5 Å². The number of nitrogen functional groups attached to an aromatic ring is 1. The van der Waals surface area contributed by atoms with Crippen LogP contribution >= 0.6 is 12.4 Å². The van der Waals surface area contributed by atoms with Crippen molar-refractivity contribution < 1.29 is 9.59 Å². The number of hydrogen-bond acceptors (Lipinski definition) is 3. The number of hydrogen-bond donors (Lipinski definition) is 3. The van der Waals surface area contributed by atoms with E-state index in [1.807, 2.05) is 49.4 Å². The molecule has 25 heavy (non-hydrogen) atoms. The monoisotopic (exact) mass is 359 g/mol. The average molecular weight is 360 g/mol. The van der Waals surface area contributed by atoms with Gasteiger partial charge in [-0.05, 0) is 42.2 Å². The molecule has 1 heterocycles. The smallest absolute Gasteiger partial charge is 0.228 e. The summed E-state index contributed by atoms with van der Waals surface area (Å²) >= 11 is 0. The molecule has 2 aromatic rings. The SMILES string of the molecule is CC(NC(=O)CCc1ccccc1N)c1ccc2c(c1)CC(=O)N2.Cl. The van der Waals surface area contributed by atoms with E-state index in [1.54, 1.807) is 0 Å². The first-order valence-electron chi connectivity index (χ1n) is 8.08. The third-order valence-electron chi connectivity index (χ3n) is 4.31. The van der Waals surface area contributed by atoms with Crippen LogP contribution < -0.4 is 16.4 Å². The van der Waals surface area contributed by atoms with Gasteiger partial charge in [-0.1, -0.05) is 30.3 Å². The van der Waals surface area contributed by atoms with Crippen molar-refractivity contribution in [3.63, 3.8) is 0 Å². The van der Waals surface area contributed by atoms with Crippen LogP contribution in [0.15, 0.2) is 42.5 Å². The number of carbonyl (C=O) groups is 2. The number of benzene rings is 2. The number of halogens is 1. The molecule has 0 saturated heterocycles. The summed E-state index contributed by atoms with van der Waals surface area (Å²) in [4.78, 5) is 23.6. The number of carbonyl (C=O) groups excluding carboxylic acids is 2. The van der Waals surface area contributed by atoms with Crippen LogP contribution in [0, 0.1) is 0 Å². The van der Waals surface area contributed by atoms with Gasteiger partial charge < -0.3 is 16.4 Å². The van der Waals surface area contributed by atoms with Gasteiger partial charge in [-0.25, -0.2) is 0 Å². The largest absolute Gasteiger partial charge is 0.399 e. The van der Waals surface area contributed by atoms with Gasteiger partial charge in [0.25, 0.3) is 0 Å². The quantitative estimate of drug-likeness (QED) is 0.717. The fourth-order valence-corrected chi connectivity index (χ4v) is 2.93. The highest BCUT2D eigenvalue weighted by molar-refractivity contribution is 5.99. The lowest BCUT2D eigenvalue weighted by Gasteiger charge is -2.15. The van der Waals surface area contributed by atoms with Crippen molar-refractivity contribution in [2.24, 2.45) is 0 Å². The van der Waals surface area contributed by atoms with E-state index in [2.05, 4.69) is 10.6 Å². The molecule has 0 spiro atoms. The number of amides is 2. The predicted octanol–water partition coefficient (Wildman–Crippen LogP) is 3.00. The zero-order chi connectivity index (χ0) is 17.1. The van der Waals surface area contributed by atoms with Gasteiger partial charge in [-0.3, -0.25) is 9.59 Å². The highest BCUT2D eigenvalue weighted by Gasteiger charge is 2.19. The molecule has 1 aliphatic heterocycles.